The summed E-state index contributed by atoms with van der Waals surface area (Å²) in [6.07, 6.45) is 0. The number of aromatic nitrogens is 1. The molecule has 1 unspecified atom stereocenters. The molecule has 1 heterocycles. The zero-order valence-corrected chi connectivity index (χ0v) is 17.1. The number of sulfonamides is 1. The molecule has 1 atom stereocenters. The Morgan fingerprint density at radius 2 is 1.89 bits per heavy atom. The summed E-state index contributed by atoms with van der Waals surface area (Å²) in [5.41, 5.74) is 1.88. The van der Waals surface area contributed by atoms with Crippen LogP contribution in [0.2, 0.25) is 0 Å². The highest BCUT2D eigenvalue weighted by Crippen LogP contribution is 2.22. The van der Waals surface area contributed by atoms with Gasteiger partial charge < -0.3 is 4.74 Å². The van der Waals surface area contributed by atoms with Gasteiger partial charge in [0.25, 0.3) is 0 Å². The van der Waals surface area contributed by atoms with Gasteiger partial charge in [-0.05, 0) is 51.1 Å². The summed E-state index contributed by atoms with van der Waals surface area (Å²) in [6, 6.07) is 11.9. The summed E-state index contributed by atoms with van der Waals surface area (Å²) in [7, 11) is -3.71. The summed E-state index contributed by atoms with van der Waals surface area (Å²) in [5.74, 6) is 0.693. The molecule has 144 valence electrons. The van der Waals surface area contributed by atoms with Gasteiger partial charge in [0, 0.05) is 6.54 Å². The molecule has 3 aromatic rings. The van der Waals surface area contributed by atoms with Crippen LogP contribution in [0.3, 0.4) is 0 Å². The number of nitrogens with one attached hydrogen (secondary N) is 1. The summed E-state index contributed by atoms with van der Waals surface area (Å²) in [4.78, 5) is 12.0. The first kappa shape index (κ1) is 19.6. The van der Waals surface area contributed by atoms with Crippen molar-refractivity contribution in [3.8, 4) is 5.75 Å². The fraction of sp³-hybridized carbons (Fsp3) is 0.316. The van der Waals surface area contributed by atoms with Crippen molar-refractivity contribution in [2.24, 2.45) is 0 Å². The van der Waals surface area contributed by atoms with E-state index in [1.165, 1.54) is 6.07 Å². The van der Waals surface area contributed by atoms with Crippen molar-refractivity contribution in [2.45, 2.75) is 38.3 Å². The lowest BCUT2D eigenvalue weighted by Gasteiger charge is -2.15. The minimum Gasteiger partial charge on any atom is -0.492 e. The molecule has 1 aromatic heterocycles. The number of hydrogen-bond donors (Lipinski definition) is 1. The lowest BCUT2D eigenvalue weighted by atomic mass is 10.2. The Balaban J connectivity index is 1.72. The van der Waals surface area contributed by atoms with E-state index in [0.29, 0.717) is 17.0 Å². The molecule has 8 heteroatoms. The van der Waals surface area contributed by atoms with Gasteiger partial charge in [-0.1, -0.05) is 29.0 Å². The lowest BCUT2D eigenvalue weighted by molar-refractivity contribution is 0.287. The molecule has 0 amide bonds. The maximum atomic E-state index is 12.7. The second-order valence-corrected chi connectivity index (χ2v) is 9.10. The standard InChI is InChI=1S/C19H22N2O4S2/c1-4-21-17-10-9-16(11-18(17)26-19(21)22)27(23,24)20-14(3)12-25-15-7-5-13(2)6-8-15/h5-11,14,20H,4,12H2,1-3H3. The van der Waals surface area contributed by atoms with E-state index in [1.807, 2.05) is 38.1 Å². The van der Waals surface area contributed by atoms with Crippen molar-refractivity contribution >= 4 is 31.6 Å². The number of rotatable bonds is 7. The van der Waals surface area contributed by atoms with Crippen molar-refractivity contribution in [1.82, 2.24) is 9.29 Å². The second-order valence-electron chi connectivity index (χ2n) is 6.39. The number of fused-ring (bicyclic) bond motifs is 1. The molecular formula is C19H22N2O4S2. The quantitative estimate of drug-likeness (QED) is 0.654. The fourth-order valence-electron chi connectivity index (χ4n) is 2.74. The van der Waals surface area contributed by atoms with Gasteiger partial charge >= 0.3 is 4.87 Å². The molecule has 6 nitrogen and oxygen atoms in total. The first-order valence-electron chi connectivity index (χ1n) is 8.65. The van der Waals surface area contributed by atoms with Crippen molar-refractivity contribution in [3.05, 3.63) is 57.7 Å². The van der Waals surface area contributed by atoms with Gasteiger partial charge in [-0.3, -0.25) is 9.36 Å². The number of nitrogens with zero attached hydrogens (tertiary/aromatic N) is 1. The van der Waals surface area contributed by atoms with E-state index in [-0.39, 0.29) is 16.4 Å². The van der Waals surface area contributed by atoms with Crippen LogP contribution in [-0.4, -0.2) is 25.6 Å². The Hall–Kier alpha value is -2.16. The van der Waals surface area contributed by atoms with Crippen LogP contribution in [0.25, 0.3) is 10.2 Å². The van der Waals surface area contributed by atoms with Crippen LogP contribution in [-0.2, 0) is 16.6 Å². The molecule has 0 saturated carbocycles. The third-order valence-electron chi connectivity index (χ3n) is 4.14. The molecule has 0 aliphatic carbocycles. The van der Waals surface area contributed by atoms with E-state index >= 15 is 0 Å². The number of ether oxygens (including phenoxy) is 1. The first-order chi connectivity index (χ1) is 12.8. The van der Waals surface area contributed by atoms with E-state index in [4.69, 9.17) is 4.74 Å². The molecule has 27 heavy (non-hydrogen) atoms. The molecule has 2 aromatic carbocycles. The molecule has 0 saturated heterocycles. The number of aryl methyl sites for hydroxylation is 2. The average Bonchev–Trinajstić information content (AvgIpc) is 2.95. The van der Waals surface area contributed by atoms with Crippen LogP contribution in [0.1, 0.15) is 19.4 Å². The van der Waals surface area contributed by atoms with Crippen molar-refractivity contribution in [1.29, 1.82) is 0 Å². The normalized spacial score (nSPS) is 13.0. The largest absolute Gasteiger partial charge is 0.492 e. The topological polar surface area (TPSA) is 77.4 Å². The Bertz CT molecular complexity index is 1100. The van der Waals surface area contributed by atoms with Crippen LogP contribution in [0.15, 0.2) is 52.2 Å². The fourth-order valence-corrected chi connectivity index (χ4v) is 5.06. The maximum Gasteiger partial charge on any atom is 0.308 e. The molecule has 0 bridgehead atoms. The zero-order chi connectivity index (χ0) is 19.6. The van der Waals surface area contributed by atoms with Crippen LogP contribution < -0.4 is 14.3 Å². The van der Waals surface area contributed by atoms with Crippen LogP contribution in [0.4, 0.5) is 0 Å². The molecule has 0 spiro atoms. The van der Waals surface area contributed by atoms with Gasteiger partial charge in [-0.2, -0.15) is 0 Å². The molecule has 1 N–H and O–H groups in total. The van der Waals surface area contributed by atoms with Gasteiger partial charge in [-0.25, -0.2) is 13.1 Å². The minimum absolute atomic E-state index is 0.0881. The van der Waals surface area contributed by atoms with E-state index in [2.05, 4.69) is 4.72 Å². The lowest BCUT2D eigenvalue weighted by Crippen LogP contribution is -2.36. The summed E-state index contributed by atoms with van der Waals surface area (Å²) in [5, 5.41) is 0. The van der Waals surface area contributed by atoms with Crippen molar-refractivity contribution < 1.29 is 13.2 Å². The van der Waals surface area contributed by atoms with Crippen LogP contribution in [0.5, 0.6) is 5.75 Å². The zero-order valence-electron chi connectivity index (χ0n) is 15.4. The molecule has 0 fully saturated rings. The number of hydrogen-bond acceptors (Lipinski definition) is 5. The van der Waals surface area contributed by atoms with Crippen molar-refractivity contribution in [3.63, 3.8) is 0 Å². The van der Waals surface area contributed by atoms with Crippen LogP contribution in [0, 0.1) is 6.92 Å². The average molecular weight is 407 g/mol. The maximum absolute atomic E-state index is 12.7. The molecule has 3 rings (SSSR count). The first-order valence-corrected chi connectivity index (χ1v) is 11.0. The monoisotopic (exact) mass is 406 g/mol. The summed E-state index contributed by atoms with van der Waals surface area (Å²) < 4.78 is 35.9. The summed E-state index contributed by atoms with van der Waals surface area (Å²) in [6.45, 7) is 6.38. The third kappa shape index (κ3) is 4.40. The smallest absolute Gasteiger partial charge is 0.308 e. The van der Waals surface area contributed by atoms with Gasteiger partial charge in [0.05, 0.1) is 21.2 Å². The molecule has 0 aliphatic rings. The Labute approximate surface area is 162 Å². The number of benzene rings is 2. The van der Waals surface area contributed by atoms with Crippen molar-refractivity contribution in [2.75, 3.05) is 6.61 Å². The van der Waals surface area contributed by atoms with Gasteiger partial charge in [-0.15, -0.1) is 0 Å². The Morgan fingerprint density at radius 1 is 1.19 bits per heavy atom. The number of thiazole rings is 1. The van der Waals surface area contributed by atoms with E-state index in [9.17, 15) is 13.2 Å². The van der Waals surface area contributed by atoms with Gasteiger partial charge in [0.15, 0.2) is 0 Å². The Morgan fingerprint density at radius 3 is 2.56 bits per heavy atom. The van der Waals surface area contributed by atoms with E-state index < -0.39 is 16.1 Å². The molecule has 0 aliphatic heterocycles. The molecule has 0 radical (unpaired) electrons. The van der Waals surface area contributed by atoms with E-state index in [0.717, 1.165) is 22.4 Å². The molecular weight excluding hydrogens is 384 g/mol. The predicted octanol–water partition coefficient (Wildman–Crippen LogP) is 3.14. The summed E-state index contributed by atoms with van der Waals surface area (Å²) >= 11 is 1.05. The highest BCUT2D eigenvalue weighted by molar-refractivity contribution is 7.89. The SMILES string of the molecule is CCn1c(=O)sc2cc(S(=O)(=O)NC(C)COc3ccc(C)cc3)ccc21. The third-order valence-corrected chi connectivity index (χ3v) is 6.67. The van der Waals surface area contributed by atoms with Gasteiger partial charge in [0.2, 0.25) is 10.0 Å². The van der Waals surface area contributed by atoms with Gasteiger partial charge in [0.1, 0.15) is 12.4 Å². The predicted molar refractivity (Wildman–Crippen MR) is 108 cm³/mol. The Kier molecular flexibility index (Phi) is 5.69. The van der Waals surface area contributed by atoms with E-state index in [1.54, 1.807) is 23.6 Å². The van der Waals surface area contributed by atoms with Crippen LogP contribution >= 0.6 is 11.3 Å². The second kappa shape index (κ2) is 7.84. The highest BCUT2D eigenvalue weighted by atomic mass is 32.2. The highest BCUT2D eigenvalue weighted by Gasteiger charge is 2.19. The minimum atomic E-state index is -3.71.